The molecular formula is C16H38O8. The lowest BCUT2D eigenvalue weighted by Crippen LogP contribution is -2.21. The molecule has 0 heterocycles. The Kier molecular flexibility index (Phi) is 32.7. The molecular weight excluding hydrogens is 320 g/mol. The molecule has 0 rings (SSSR count). The molecule has 0 saturated carbocycles. The molecule has 24 heavy (non-hydrogen) atoms. The predicted molar refractivity (Wildman–Crippen MR) is 91.9 cm³/mol. The van der Waals surface area contributed by atoms with Gasteiger partial charge in [-0.05, 0) is 27.2 Å². The van der Waals surface area contributed by atoms with Crippen molar-refractivity contribution in [3.8, 4) is 0 Å². The van der Waals surface area contributed by atoms with Gasteiger partial charge >= 0.3 is 0 Å². The Bertz CT molecular complexity index is 191. The van der Waals surface area contributed by atoms with Crippen molar-refractivity contribution >= 4 is 0 Å². The third-order valence-electron chi connectivity index (χ3n) is 2.05. The highest BCUT2D eigenvalue weighted by Crippen LogP contribution is 1.90. The van der Waals surface area contributed by atoms with E-state index < -0.39 is 12.4 Å². The summed E-state index contributed by atoms with van der Waals surface area (Å²) in [6, 6.07) is 0. The van der Waals surface area contributed by atoms with Gasteiger partial charge in [-0.2, -0.15) is 0 Å². The summed E-state index contributed by atoms with van der Waals surface area (Å²) in [5.74, 6) is 0. The van der Waals surface area contributed by atoms with Crippen molar-refractivity contribution in [1.82, 2.24) is 0 Å². The van der Waals surface area contributed by atoms with Gasteiger partial charge in [-0.15, -0.1) is 0 Å². The van der Waals surface area contributed by atoms with Crippen LogP contribution in [-0.4, -0.2) is 92.3 Å². The summed E-state index contributed by atoms with van der Waals surface area (Å²) in [5.41, 5.74) is 0. The zero-order valence-corrected chi connectivity index (χ0v) is 15.6. The lowest BCUT2D eigenvalue weighted by Gasteiger charge is -2.11. The van der Waals surface area contributed by atoms with E-state index in [9.17, 15) is 0 Å². The molecule has 0 aromatic heterocycles. The highest BCUT2D eigenvalue weighted by Gasteiger charge is 2.02. The summed E-state index contributed by atoms with van der Waals surface area (Å²) >= 11 is 0. The van der Waals surface area contributed by atoms with Crippen LogP contribution in [0.5, 0.6) is 0 Å². The molecule has 0 radical (unpaired) electrons. The summed E-state index contributed by atoms with van der Waals surface area (Å²) in [4.78, 5) is 0. The number of hydrogen-bond donors (Lipinski definition) is 4. The van der Waals surface area contributed by atoms with E-state index in [1.165, 1.54) is 6.92 Å². The number of rotatable bonds is 13. The van der Waals surface area contributed by atoms with Crippen LogP contribution in [0.4, 0.5) is 0 Å². The summed E-state index contributed by atoms with van der Waals surface area (Å²) in [6.45, 7) is 10.9. The van der Waals surface area contributed by atoms with Crippen LogP contribution in [0.25, 0.3) is 0 Å². The van der Waals surface area contributed by atoms with Crippen LogP contribution < -0.4 is 0 Å². The molecule has 0 fully saturated rings. The number of hydrogen-bond acceptors (Lipinski definition) is 8. The molecule has 0 saturated heterocycles. The van der Waals surface area contributed by atoms with E-state index in [4.69, 9.17) is 39.4 Å². The zero-order valence-electron chi connectivity index (χ0n) is 15.6. The van der Waals surface area contributed by atoms with E-state index in [-0.39, 0.29) is 19.8 Å². The standard InChI is InChI=1S/C9H20O5.C4H10O.C3H8O2/c1-2-4-14-9(11)8-13-7-6-12-5-3-10;1-3-5-4-2;1-3(5)2-4/h9-11H,2-8H2,1H3;3-4H2,1-2H3;3-5H,2H2,1H3. The minimum Gasteiger partial charge on any atom is -0.394 e. The van der Waals surface area contributed by atoms with Gasteiger partial charge < -0.3 is 39.4 Å². The fraction of sp³-hybridized carbons (Fsp3) is 1.00. The van der Waals surface area contributed by atoms with Crippen molar-refractivity contribution in [3.05, 3.63) is 0 Å². The second-order valence-electron chi connectivity index (χ2n) is 4.55. The van der Waals surface area contributed by atoms with Gasteiger partial charge in [0, 0.05) is 19.8 Å². The fourth-order valence-corrected chi connectivity index (χ4v) is 0.975. The maximum absolute atomic E-state index is 9.15. The van der Waals surface area contributed by atoms with Crippen LogP contribution in [0, 0.1) is 0 Å². The molecule has 0 aromatic rings. The minimum atomic E-state index is -0.854. The predicted octanol–water partition coefficient (Wildman–Crippen LogP) is 0.159. The summed E-state index contributed by atoms with van der Waals surface area (Å²) in [5, 5.41) is 33.5. The van der Waals surface area contributed by atoms with Gasteiger partial charge in [-0.25, -0.2) is 0 Å². The summed E-state index contributed by atoms with van der Waals surface area (Å²) in [7, 11) is 0. The van der Waals surface area contributed by atoms with Crippen molar-refractivity contribution in [1.29, 1.82) is 0 Å². The molecule has 0 amide bonds. The number of aliphatic hydroxyl groups is 4. The maximum atomic E-state index is 9.15. The SMILES string of the molecule is CC(O)CO.CCCOC(O)COCCOCCO.CCOCC. The Morgan fingerprint density at radius 1 is 0.792 bits per heavy atom. The molecule has 8 nitrogen and oxygen atoms in total. The molecule has 0 bridgehead atoms. The van der Waals surface area contributed by atoms with E-state index in [0.717, 1.165) is 19.6 Å². The Balaban J connectivity index is -0.000000361. The van der Waals surface area contributed by atoms with Crippen LogP contribution in [0.2, 0.25) is 0 Å². The minimum absolute atomic E-state index is 0.0161. The lowest BCUT2D eigenvalue weighted by atomic mass is 10.5. The van der Waals surface area contributed by atoms with Gasteiger partial charge in [-0.1, -0.05) is 6.92 Å². The first-order chi connectivity index (χ1) is 11.5. The fourth-order valence-electron chi connectivity index (χ4n) is 0.975. The molecule has 2 unspecified atom stereocenters. The molecule has 4 N–H and O–H groups in total. The van der Waals surface area contributed by atoms with E-state index in [1.54, 1.807) is 0 Å². The molecule has 8 heteroatoms. The quantitative estimate of drug-likeness (QED) is 0.272. The topological polar surface area (TPSA) is 118 Å². The number of ether oxygens (including phenoxy) is 4. The van der Waals surface area contributed by atoms with Crippen molar-refractivity contribution in [3.63, 3.8) is 0 Å². The molecule has 0 aliphatic heterocycles. The van der Waals surface area contributed by atoms with Crippen LogP contribution in [-0.2, 0) is 18.9 Å². The van der Waals surface area contributed by atoms with Crippen LogP contribution >= 0.6 is 0 Å². The second-order valence-corrected chi connectivity index (χ2v) is 4.55. The van der Waals surface area contributed by atoms with Gasteiger partial charge in [0.05, 0.1) is 45.7 Å². The van der Waals surface area contributed by atoms with Crippen LogP contribution in [0.15, 0.2) is 0 Å². The van der Waals surface area contributed by atoms with Crippen molar-refractivity contribution in [2.75, 3.05) is 59.5 Å². The lowest BCUT2D eigenvalue weighted by molar-refractivity contribution is -0.140. The summed E-state index contributed by atoms with van der Waals surface area (Å²) < 4.78 is 19.8. The summed E-state index contributed by atoms with van der Waals surface area (Å²) in [6.07, 6.45) is -0.542. The van der Waals surface area contributed by atoms with Crippen LogP contribution in [0.3, 0.4) is 0 Å². The Hall–Kier alpha value is -0.320. The zero-order chi connectivity index (χ0) is 19.1. The Morgan fingerprint density at radius 3 is 1.71 bits per heavy atom. The van der Waals surface area contributed by atoms with Crippen molar-refractivity contribution < 1.29 is 39.4 Å². The smallest absolute Gasteiger partial charge is 0.178 e. The van der Waals surface area contributed by atoms with Crippen molar-refractivity contribution in [2.45, 2.75) is 46.5 Å². The first-order valence-corrected chi connectivity index (χ1v) is 8.42. The van der Waals surface area contributed by atoms with Crippen LogP contribution in [0.1, 0.15) is 34.1 Å². The Morgan fingerprint density at radius 2 is 1.33 bits per heavy atom. The third kappa shape index (κ3) is 37.7. The van der Waals surface area contributed by atoms with Gasteiger partial charge in [0.1, 0.15) is 0 Å². The van der Waals surface area contributed by atoms with E-state index in [0.29, 0.717) is 26.4 Å². The van der Waals surface area contributed by atoms with Crippen molar-refractivity contribution in [2.24, 2.45) is 0 Å². The largest absolute Gasteiger partial charge is 0.394 e. The third-order valence-corrected chi connectivity index (χ3v) is 2.05. The molecule has 0 aliphatic carbocycles. The van der Waals surface area contributed by atoms with E-state index in [2.05, 4.69) is 0 Å². The molecule has 2 atom stereocenters. The average Bonchev–Trinajstić information content (AvgIpc) is 2.58. The van der Waals surface area contributed by atoms with Gasteiger partial charge in [0.25, 0.3) is 0 Å². The highest BCUT2D eigenvalue weighted by molar-refractivity contribution is 4.38. The maximum Gasteiger partial charge on any atom is 0.178 e. The number of aliphatic hydroxyl groups excluding tert-OH is 4. The Labute approximate surface area is 146 Å². The first-order valence-electron chi connectivity index (χ1n) is 8.42. The molecule has 0 aliphatic rings. The normalized spacial score (nSPS) is 12.5. The second kappa shape index (κ2) is 27.5. The highest BCUT2D eigenvalue weighted by atomic mass is 16.6. The van der Waals surface area contributed by atoms with Gasteiger partial charge in [0.2, 0.25) is 0 Å². The monoisotopic (exact) mass is 358 g/mol. The molecule has 150 valence electrons. The van der Waals surface area contributed by atoms with E-state index in [1.807, 2.05) is 20.8 Å². The van der Waals surface area contributed by atoms with E-state index >= 15 is 0 Å². The van der Waals surface area contributed by atoms with Gasteiger partial charge in [0.15, 0.2) is 6.29 Å². The molecule has 0 spiro atoms. The molecule has 0 aromatic carbocycles. The van der Waals surface area contributed by atoms with Gasteiger partial charge in [-0.3, -0.25) is 0 Å². The first kappa shape index (κ1) is 28.5. The average molecular weight is 358 g/mol.